The van der Waals surface area contributed by atoms with Crippen molar-refractivity contribution in [2.24, 2.45) is 23.2 Å². The summed E-state index contributed by atoms with van der Waals surface area (Å²) in [4.78, 5) is 0. The van der Waals surface area contributed by atoms with Gasteiger partial charge >= 0.3 is 0 Å². The molecule has 5 rings (SSSR count). The van der Waals surface area contributed by atoms with E-state index >= 15 is 0 Å². The molecule has 1 unspecified atom stereocenters. The Bertz CT molecular complexity index is 586. The molecule has 0 heterocycles. The minimum atomic E-state index is 0.504. The summed E-state index contributed by atoms with van der Waals surface area (Å²) in [6, 6.07) is 9.03. The van der Waals surface area contributed by atoms with E-state index in [4.69, 9.17) is 12.2 Å². The fraction of sp³-hybridized carbons (Fsp3) is 0.682. The van der Waals surface area contributed by atoms with Crippen LogP contribution in [0.2, 0.25) is 0 Å². The van der Waals surface area contributed by atoms with Crippen LogP contribution in [0.5, 0.6) is 0 Å². The molecule has 4 saturated carbocycles. The van der Waals surface area contributed by atoms with Crippen molar-refractivity contribution in [2.75, 3.05) is 5.32 Å². The van der Waals surface area contributed by atoms with Crippen LogP contribution in [0.3, 0.4) is 0 Å². The smallest absolute Gasteiger partial charge is 0.171 e. The summed E-state index contributed by atoms with van der Waals surface area (Å²) in [5.74, 6) is 2.98. The number of hydrogen-bond donors (Lipinski definition) is 2. The van der Waals surface area contributed by atoms with Crippen LogP contribution in [0.1, 0.15) is 63.9 Å². The molecule has 2 nitrogen and oxygen atoms in total. The normalized spacial score (nSPS) is 33.9. The van der Waals surface area contributed by atoms with Crippen LogP contribution in [0.4, 0.5) is 5.69 Å². The Balaban J connectivity index is 1.46. The lowest BCUT2D eigenvalue weighted by Gasteiger charge is -2.59. The number of rotatable bonds is 5. The summed E-state index contributed by atoms with van der Waals surface area (Å²) >= 11 is 5.69. The maximum Gasteiger partial charge on any atom is 0.171 e. The molecule has 0 aromatic heterocycles. The van der Waals surface area contributed by atoms with Gasteiger partial charge in [0.15, 0.2) is 5.11 Å². The molecule has 136 valence electrons. The maximum atomic E-state index is 5.69. The first kappa shape index (κ1) is 17.3. The van der Waals surface area contributed by atoms with E-state index in [1.807, 2.05) is 0 Å². The second-order valence-corrected chi connectivity index (χ2v) is 9.49. The molecule has 1 aromatic rings. The van der Waals surface area contributed by atoms with Crippen molar-refractivity contribution in [3.05, 3.63) is 29.8 Å². The Morgan fingerprint density at radius 2 is 1.64 bits per heavy atom. The zero-order valence-electron chi connectivity index (χ0n) is 15.7. The van der Waals surface area contributed by atoms with Crippen molar-refractivity contribution in [3.63, 3.8) is 0 Å². The van der Waals surface area contributed by atoms with Crippen molar-refractivity contribution in [1.29, 1.82) is 0 Å². The summed E-state index contributed by atoms with van der Waals surface area (Å²) in [5, 5.41) is 7.97. The fourth-order valence-corrected chi connectivity index (χ4v) is 6.65. The Kier molecular flexibility index (Phi) is 4.79. The molecule has 1 atom stereocenters. The highest BCUT2D eigenvalue weighted by atomic mass is 32.1. The zero-order valence-corrected chi connectivity index (χ0v) is 16.5. The highest BCUT2D eigenvalue weighted by molar-refractivity contribution is 7.80. The third-order valence-corrected chi connectivity index (χ3v) is 7.24. The highest BCUT2D eigenvalue weighted by Gasteiger charge is 2.54. The standard InChI is InChI=1S/C22H32N2S/c1-3-4-20(24-21(25)23-19-7-5-15(2)6-8-19)22-12-16-9-17(13-22)11-18(10-16)14-22/h5-8,16-18,20H,3-4,9-14H2,1-2H3,(H2,23,24,25). The van der Waals surface area contributed by atoms with Gasteiger partial charge in [-0.05, 0) is 99.4 Å². The monoisotopic (exact) mass is 356 g/mol. The predicted octanol–water partition coefficient (Wildman–Crippen LogP) is 5.67. The molecule has 0 radical (unpaired) electrons. The maximum absolute atomic E-state index is 5.69. The van der Waals surface area contributed by atoms with E-state index in [0.717, 1.165) is 28.6 Å². The first-order chi connectivity index (χ1) is 12.1. The Morgan fingerprint density at radius 1 is 1.08 bits per heavy atom. The SMILES string of the molecule is CCCC(NC(=S)Nc1ccc(C)cc1)C12CC3CC(CC(C3)C1)C2. The molecule has 4 fully saturated rings. The molecule has 0 spiro atoms. The van der Waals surface area contributed by atoms with Crippen LogP contribution in [-0.2, 0) is 0 Å². The molecule has 1 aromatic carbocycles. The zero-order chi connectivity index (χ0) is 17.4. The van der Waals surface area contributed by atoms with E-state index < -0.39 is 0 Å². The van der Waals surface area contributed by atoms with Crippen LogP contribution in [0.15, 0.2) is 24.3 Å². The van der Waals surface area contributed by atoms with Crippen molar-refractivity contribution in [1.82, 2.24) is 5.32 Å². The van der Waals surface area contributed by atoms with Gasteiger partial charge in [0.1, 0.15) is 0 Å². The van der Waals surface area contributed by atoms with E-state index in [0.29, 0.717) is 11.5 Å². The summed E-state index contributed by atoms with van der Waals surface area (Å²) in [6.07, 6.45) is 11.3. The first-order valence-electron chi connectivity index (χ1n) is 10.2. The minimum absolute atomic E-state index is 0.504. The van der Waals surface area contributed by atoms with E-state index in [1.165, 1.54) is 56.9 Å². The molecule has 0 saturated heterocycles. The van der Waals surface area contributed by atoms with Gasteiger partial charge < -0.3 is 10.6 Å². The number of aryl methyl sites for hydroxylation is 1. The Hall–Kier alpha value is -1.09. The second-order valence-electron chi connectivity index (χ2n) is 9.09. The van der Waals surface area contributed by atoms with Gasteiger partial charge in [0.25, 0.3) is 0 Å². The molecule has 2 N–H and O–H groups in total. The fourth-order valence-electron chi connectivity index (χ4n) is 6.39. The predicted molar refractivity (Wildman–Crippen MR) is 110 cm³/mol. The number of thiocarbonyl (C=S) groups is 1. The minimum Gasteiger partial charge on any atom is -0.359 e. The Labute approximate surface area is 158 Å². The van der Waals surface area contributed by atoms with Gasteiger partial charge in [-0.2, -0.15) is 0 Å². The molecule has 25 heavy (non-hydrogen) atoms. The lowest BCUT2D eigenvalue weighted by atomic mass is 9.47. The van der Waals surface area contributed by atoms with E-state index in [9.17, 15) is 0 Å². The first-order valence-corrected chi connectivity index (χ1v) is 10.6. The number of benzene rings is 1. The number of nitrogens with one attached hydrogen (secondary N) is 2. The van der Waals surface area contributed by atoms with Crippen LogP contribution < -0.4 is 10.6 Å². The van der Waals surface area contributed by atoms with Crippen LogP contribution in [0, 0.1) is 30.1 Å². The van der Waals surface area contributed by atoms with Crippen molar-refractivity contribution >= 4 is 23.0 Å². The van der Waals surface area contributed by atoms with Gasteiger partial charge in [-0.25, -0.2) is 0 Å². The average molecular weight is 357 g/mol. The van der Waals surface area contributed by atoms with Gasteiger partial charge in [-0.15, -0.1) is 0 Å². The third-order valence-electron chi connectivity index (χ3n) is 7.02. The molecule has 3 heteroatoms. The average Bonchev–Trinajstić information content (AvgIpc) is 2.55. The van der Waals surface area contributed by atoms with E-state index in [-0.39, 0.29) is 0 Å². The molecule has 0 aliphatic heterocycles. The summed E-state index contributed by atoms with van der Waals surface area (Å²) < 4.78 is 0. The number of anilines is 1. The van der Waals surface area contributed by atoms with Crippen molar-refractivity contribution in [2.45, 2.75) is 71.3 Å². The lowest BCUT2D eigenvalue weighted by Crippen LogP contribution is -2.57. The van der Waals surface area contributed by atoms with Gasteiger partial charge in [-0.1, -0.05) is 31.0 Å². The molecule has 0 amide bonds. The summed E-state index contributed by atoms with van der Waals surface area (Å²) in [6.45, 7) is 4.43. The quantitative estimate of drug-likeness (QED) is 0.665. The van der Waals surface area contributed by atoms with Crippen LogP contribution in [0.25, 0.3) is 0 Å². The Morgan fingerprint density at radius 3 is 2.16 bits per heavy atom. The third kappa shape index (κ3) is 3.58. The molecule has 4 aliphatic rings. The number of hydrogen-bond acceptors (Lipinski definition) is 1. The van der Waals surface area contributed by atoms with Crippen molar-refractivity contribution < 1.29 is 0 Å². The summed E-state index contributed by atoms with van der Waals surface area (Å²) in [5.41, 5.74) is 2.87. The molecular weight excluding hydrogens is 324 g/mol. The van der Waals surface area contributed by atoms with E-state index in [2.05, 4.69) is 48.7 Å². The lowest BCUT2D eigenvalue weighted by molar-refractivity contribution is -0.0718. The summed E-state index contributed by atoms with van der Waals surface area (Å²) in [7, 11) is 0. The van der Waals surface area contributed by atoms with Gasteiger partial charge in [0, 0.05) is 11.7 Å². The topological polar surface area (TPSA) is 24.1 Å². The van der Waals surface area contributed by atoms with Gasteiger partial charge in [-0.3, -0.25) is 0 Å². The van der Waals surface area contributed by atoms with E-state index in [1.54, 1.807) is 0 Å². The molecule has 4 bridgehead atoms. The van der Waals surface area contributed by atoms with Crippen LogP contribution in [-0.4, -0.2) is 11.2 Å². The van der Waals surface area contributed by atoms with Gasteiger partial charge in [0.2, 0.25) is 0 Å². The second kappa shape index (κ2) is 6.90. The van der Waals surface area contributed by atoms with Crippen molar-refractivity contribution in [3.8, 4) is 0 Å². The molecular formula is C22H32N2S. The molecule has 4 aliphatic carbocycles. The highest BCUT2D eigenvalue weighted by Crippen LogP contribution is 2.61. The van der Waals surface area contributed by atoms with Gasteiger partial charge in [0.05, 0.1) is 0 Å². The van der Waals surface area contributed by atoms with Crippen LogP contribution >= 0.6 is 12.2 Å². The largest absolute Gasteiger partial charge is 0.359 e.